The van der Waals surface area contributed by atoms with Crippen LogP contribution in [0.1, 0.15) is 55.0 Å². The van der Waals surface area contributed by atoms with Gasteiger partial charge in [-0.1, -0.05) is 35.5 Å². The third kappa shape index (κ3) is 4.58. The molecule has 3 N–H and O–H groups in total. The summed E-state index contributed by atoms with van der Waals surface area (Å²) in [5, 5.41) is 19.8. The van der Waals surface area contributed by atoms with Crippen molar-refractivity contribution in [2.75, 3.05) is 0 Å². The van der Waals surface area contributed by atoms with Gasteiger partial charge in [-0.05, 0) is 39.7 Å². The van der Waals surface area contributed by atoms with E-state index in [9.17, 15) is 9.90 Å². The topological polar surface area (TPSA) is 87.4 Å². The summed E-state index contributed by atoms with van der Waals surface area (Å²) in [4.78, 5) is 12.1. The van der Waals surface area contributed by atoms with Crippen LogP contribution in [0, 0.1) is 13.8 Å². The van der Waals surface area contributed by atoms with Crippen molar-refractivity contribution in [2.45, 2.75) is 52.3 Å². The number of hydrogen-bond donors (Lipinski definition) is 3. The van der Waals surface area contributed by atoms with Gasteiger partial charge in [0.05, 0.1) is 17.8 Å². The van der Waals surface area contributed by atoms with Crippen LogP contribution in [-0.4, -0.2) is 22.3 Å². The van der Waals surface area contributed by atoms with Crippen LogP contribution in [0.5, 0.6) is 0 Å². The Balaban J connectivity index is 1.85. The molecule has 0 aliphatic carbocycles. The maximum atomic E-state index is 12.1. The zero-order valence-electron chi connectivity index (χ0n) is 14.5. The molecule has 0 spiro atoms. The van der Waals surface area contributed by atoms with Crippen molar-refractivity contribution >= 4 is 6.03 Å². The summed E-state index contributed by atoms with van der Waals surface area (Å²) in [7, 11) is 0. The highest BCUT2D eigenvalue weighted by Gasteiger charge is 2.20. The third-order valence-corrected chi connectivity index (χ3v) is 4.01. The van der Waals surface area contributed by atoms with Crippen molar-refractivity contribution in [1.29, 1.82) is 0 Å². The molecule has 1 heterocycles. The lowest BCUT2D eigenvalue weighted by molar-refractivity contribution is 0.154. The molecule has 3 atom stereocenters. The number of urea groups is 1. The first kappa shape index (κ1) is 18.0. The maximum Gasteiger partial charge on any atom is 0.315 e. The fourth-order valence-electron chi connectivity index (χ4n) is 2.85. The zero-order valence-corrected chi connectivity index (χ0v) is 14.5. The summed E-state index contributed by atoms with van der Waals surface area (Å²) in [6, 6.07) is 8.76. The molecule has 0 saturated carbocycles. The molecule has 1 aromatic carbocycles. The van der Waals surface area contributed by atoms with Gasteiger partial charge in [0, 0.05) is 11.6 Å². The Hall–Kier alpha value is -2.34. The van der Waals surface area contributed by atoms with Crippen molar-refractivity contribution in [3.63, 3.8) is 0 Å². The van der Waals surface area contributed by atoms with Crippen molar-refractivity contribution < 1.29 is 14.4 Å². The molecule has 0 radical (unpaired) electrons. The summed E-state index contributed by atoms with van der Waals surface area (Å²) in [5.74, 6) is 0.702. The van der Waals surface area contributed by atoms with Gasteiger partial charge in [-0.25, -0.2) is 4.79 Å². The van der Waals surface area contributed by atoms with E-state index in [-0.39, 0.29) is 18.1 Å². The van der Waals surface area contributed by atoms with Crippen LogP contribution >= 0.6 is 0 Å². The number of carbonyl (C=O) groups is 1. The SMILES string of the molecule is Cc1noc(C)c1[C@H](C)NC(=O)N[C@H](C)C[C@@H](O)c1ccccc1. The minimum absolute atomic E-state index is 0.169. The molecule has 0 unspecified atom stereocenters. The second kappa shape index (κ2) is 7.97. The van der Waals surface area contributed by atoms with E-state index in [0.717, 1.165) is 16.8 Å². The lowest BCUT2D eigenvalue weighted by atomic mass is 10.0. The molecular weight excluding hydrogens is 306 g/mol. The van der Waals surface area contributed by atoms with Crippen molar-refractivity contribution in [2.24, 2.45) is 0 Å². The first-order valence-corrected chi connectivity index (χ1v) is 8.11. The third-order valence-electron chi connectivity index (χ3n) is 4.01. The van der Waals surface area contributed by atoms with Crippen LogP contribution in [0.3, 0.4) is 0 Å². The number of rotatable bonds is 6. The van der Waals surface area contributed by atoms with Crippen LogP contribution in [0.2, 0.25) is 0 Å². The molecule has 2 rings (SSSR count). The zero-order chi connectivity index (χ0) is 17.7. The number of hydrogen-bond acceptors (Lipinski definition) is 4. The second-order valence-electron chi connectivity index (χ2n) is 6.14. The number of amides is 2. The van der Waals surface area contributed by atoms with E-state index in [1.165, 1.54) is 0 Å². The fraction of sp³-hybridized carbons (Fsp3) is 0.444. The lowest BCUT2D eigenvalue weighted by Crippen LogP contribution is -2.42. The van der Waals surface area contributed by atoms with E-state index < -0.39 is 6.10 Å². The fourth-order valence-corrected chi connectivity index (χ4v) is 2.85. The van der Waals surface area contributed by atoms with E-state index in [2.05, 4.69) is 15.8 Å². The molecule has 2 aromatic rings. The summed E-state index contributed by atoms with van der Waals surface area (Å²) < 4.78 is 5.13. The van der Waals surface area contributed by atoms with Crippen molar-refractivity contribution in [3.05, 3.63) is 52.9 Å². The van der Waals surface area contributed by atoms with Gasteiger partial charge in [0.15, 0.2) is 0 Å². The van der Waals surface area contributed by atoms with E-state index >= 15 is 0 Å². The highest BCUT2D eigenvalue weighted by molar-refractivity contribution is 5.74. The molecule has 24 heavy (non-hydrogen) atoms. The van der Waals surface area contributed by atoms with Crippen molar-refractivity contribution in [1.82, 2.24) is 15.8 Å². The van der Waals surface area contributed by atoms with Gasteiger partial charge in [-0.15, -0.1) is 0 Å². The Labute approximate surface area is 142 Å². The van der Waals surface area contributed by atoms with Gasteiger partial charge in [0.2, 0.25) is 0 Å². The molecule has 2 amide bonds. The highest BCUT2D eigenvalue weighted by Crippen LogP contribution is 2.21. The normalized spacial score (nSPS) is 14.7. The van der Waals surface area contributed by atoms with E-state index in [1.807, 2.05) is 58.0 Å². The number of nitrogens with one attached hydrogen (secondary N) is 2. The number of aromatic nitrogens is 1. The minimum Gasteiger partial charge on any atom is -0.388 e. The molecule has 0 aliphatic rings. The average Bonchev–Trinajstić information content (AvgIpc) is 2.86. The Morgan fingerprint density at radius 3 is 2.46 bits per heavy atom. The van der Waals surface area contributed by atoms with Crippen LogP contribution in [0.15, 0.2) is 34.9 Å². The molecule has 0 fully saturated rings. The molecule has 6 nitrogen and oxygen atoms in total. The Bertz CT molecular complexity index is 650. The van der Waals surface area contributed by atoms with Gasteiger partial charge < -0.3 is 20.3 Å². The minimum atomic E-state index is -0.610. The van der Waals surface area contributed by atoms with Crippen LogP contribution in [0.4, 0.5) is 4.79 Å². The lowest BCUT2D eigenvalue weighted by Gasteiger charge is -2.20. The van der Waals surface area contributed by atoms with Gasteiger partial charge in [0.1, 0.15) is 5.76 Å². The van der Waals surface area contributed by atoms with Crippen molar-refractivity contribution in [3.8, 4) is 0 Å². The maximum absolute atomic E-state index is 12.1. The average molecular weight is 331 g/mol. The second-order valence-corrected chi connectivity index (χ2v) is 6.14. The number of aliphatic hydroxyl groups excluding tert-OH is 1. The van der Waals surface area contributed by atoms with E-state index in [0.29, 0.717) is 12.2 Å². The predicted molar refractivity (Wildman–Crippen MR) is 91.5 cm³/mol. The molecule has 1 aromatic heterocycles. The summed E-state index contributed by atoms with van der Waals surface area (Å²) in [6.07, 6.45) is -0.168. The Morgan fingerprint density at radius 2 is 1.88 bits per heavy atom. The highest BCUT2D eigenvalue weighted by atomic mass is 16.5. The summed E-state index contributed by atoms with van der Waals surface area (Å²) in [5.41, 5.74) is 2.51. The van der Waals surface area contributed by atoms with E-state index in [4.69, 9.17) is 4.52 Å². The molecule has 130 valence electrons. The van der Waals surface area contributed by atoms with Crippen LogP contribution in [0.25, 0.3) is 0 Å². The van der Waals surface area contributed by atoms with Crippen LogP contribution < -0.4 is 10.6 Å². The summed E-state index contributed by atoms with van der Waals surface area (Å²) in [6.45, 7) is 7.42. The van der Waals surface area contributed by atoms with Gasteiger partial charge in [-0.2, -0.15) is 0 Å². The molecule has 0 aliphatic heterocycles. The Kier molecular flexibility index (Phi) is 5.98. The standard InChI is InChI=1S/C18H25N3O3/c1-11(10-16(22)15-8-6-5-7-9-15)19-18(23)20-12(2)17-13(3)21-24-14(17)4/h5-9,11-12,16,22H,10H2,1-4H3,(H2,19,20,23)/t11-,12+,16-/m1/s1. The number of benzene rings is 1. The van der Waals surface area contributed by atoms with Crippen LogP contribution in [-0.2, 0) is 0 Å². The largest absolute Gasteiger partial charge is 0.388 e. The number of aliphatic hydroxyl groups is 1. The van der Waals surface area contributed by atoms with Gasteiger partial charge >= 0.3 is 6.03 Å². The van der Waals surface area contributed by atoms with Gasteiger partial charge in [-0.3, -0.25) is 0 Å². The number of nitrogens with zero attached hydrogens (tertiary/aromatic N) is 1. The molecule has 0 saturated heterocycles. The van der Waals surface area contributed by atoms with Gasteiger partial charge in [0.25, 0.3) is 0 Å². The first-order valence-electron chi connectivity index (χ1n) is 8.11. The number of aryl methyl sites for hydroxylation is 2. The smallest absolute Gasteiger partial charge is 0.315 e. The molecular formula is C18H25N3O3. The summed E-state index contributed by atoms with van der Waals surface area (Å²) >= 11 is 0. The quantitative estimate of drug-likeness (QED) is 0.759. The van der Waals surface area contributed by atoms with E-state index in [1.54, 1.807) is 0 Å². The predicted octanol–water partition coefficient (Wildman–Crippen LogP) is 3.16. The monoisotopic (exact) mass is 331 g/mol. The molecule has 0 bridgehead atoms. The first-order chi connectivity index (χ1) is 11.4. The Morgan fingerprint density at radius 1 is 1.21 bits per heavy atom. The molecule has 6 heteroatoms. The number of carbonyl (C=O) groups excluding carboxylic acids is 1.